The van der Waals surface area contributed by atoms with Crippen LogP contribution in [0.2, 0.25) is 0 Å². The number of nitrogens with zero attached hydrogens (tertiary/aromatic N) is 1. The average Bonchev–Trinajstić information content (AvgIpc) is 2.75. The maximum Gasteiger partial charge on any atom is 0.161 e. The number of benzene rings is 2. The molecular weight excluding hydrogens is 372 g/mol. The van der Waals surface area contributed by atoms with Gasteiger partial charge >= 0.3 is 0 Å². The maximum atomic E-state index is 6.18. The molecule has 1 unspecified atom stereocenters. The van der Waals surface area contributed by atoms with Crippen molar-refractivity contribution in [3.05, 3.63) is 58.7 Å². The SMILES string of the molecule is CCN(CC)CCOc1cc2c(cc1OC)CCNC2c1ccc(C(C)(C)C)cc1. The fraction of sp³-hybridized carbons (Fsp3) is 0.538. The van der Waals surface area contributed by atoms with Crippen molar-refractivity contribution in [2.24, 2.45) is 0 Å². The van der Waals surface area contributed by atoms with Crippen LogP contribution in [0.15, 0.2) is 36.4 Å². The first-order chi connectivity index (χ1) is 14.4. The number of nitrogens with one attached hydrogen (secondary N) is 1. The van der Waals surface area contributed by atoms with E-state index in [-0.39, 0.29) is 11.5 Å². The Hall–Kier alpha value is -2.04. The van der Waals surface area contributed by atoms with Crippen molar-refractivity contribution in [1.29, 1.82) is 0 Å². The molecule has 0 aromatic heterocycles. The summed E-state index contributed by atoms with van der Waals surface area (Å²) in [5.41, 5.74) is 5.45. The molecule has 2 aromatic carbocycles. The van der Waals surface area contributed by atoms with Crippen molar-refractivity contribution in [2.75, 3.05) is 39.9 Å². The highest BCUT2D eigenvalue weighted by molar-refractivity contribution is 5.51. The van der Waals surface area contributed by atoms with Gasteiger partial charge < -0.3 is 19.7 Å². The number of hydrogen-bond acceptors (Lipinski definition) is 4. The molecule has 0 saturated heterocycles. The van der Waals surface area contributed by atoms with Gasteiger partial charge in [-0.3, -0.25) is 0 Å². The Morgan fingerprint density at radius 3 is 2.33 bits per heavy atom. The first-order valence-corrected chi connectivity index (χ1v) is 11.3. The van der Waals surface area contributed by atoms with E-state index in [0.717, 1.165) is 44.1 Å². The first-order valence-electron chi connectivity index (χ1n) is 11.3. The molecule has 3 rings (SSSR count). The number of rotatable bonds is 8. The average molecular weight is 411 g/mol. The van der Waals surface area contributed by atoms with Gasteiger partial charge in [0.05, 0.1) is 13.2 Å². The summed E-state index contributed by atoms with van der Waals surface area (Å²) in [6, 6.07) is 13.6. The molecule has 4 nitrogen and oxygen atoms in total. The van der Waals surface area contributed by atoms with Crippen LogP contribution < -0.4 is 14.8 Å². The Morgan fingerprint density at radius 1 is 1.03 bits per heavy atom. The molecule has 2 aromatic rings. The molecule has 4 heteroatoms. The zero-order chi connectivity index (χ0) is 21.7. The van der Waals surface area contributed by atoms with E-state index in [1.807, 2.05) is 0 Å². The first kappa shape index (κ1) is 22.6. The lowest BCUT2D eigenvalue weighted by Crippen LogP contribution is -2.31. The van der Waals surface area contributed by atoms with E-state index in [9.17, 15) is 0 Å². The van der Waals surface area contributed by atoms with E-state index in [4.69, 9.17) is 9.47 Å². The number of likely N-dealkylation sites (N-methyl/N-ethyl adjacent to an activating group) is 1. The van der Waals surface area contributed by atoms with Crippen LogP contribution >= 0.6 is 0 Å². The molecule has 0 fully saturated rings. The van der Waals surface area contributed by atoms with Gasteiger partial charge in [0.15, 0.2) is 11.5 Å². The van der Waals surface area contributed by atoms with Gasteiger partial charge in [-0.05, 0) is 59.3 Å². The van der Waals surface area contributed by atoms with Gasteiger partial charge in [-0.25, -0.2) is 0 Å². The molecule has 0 amide bonds. The van der Waals surface area contributed by atoms with E-state index in [1.165, 1.54) is 22.3 Å². The molecule has 1 aliphatic heterocycles. The minimum Gasteiger partial charge on any atom is -0.493 e. The second kappa shape index (κ2) is 9.84. The third-order valence-corrected chi connectivity index (χ3v) is 6.15. The number of ether oxygens (including phenoxy) is 2. The predicted octanol–water partition coefficient (Wildman–Crippen LogP) is 4.95. The topological polar surface area (TPSA) is 33.7 Å². The Labute approximate surface area is 182 Å². The molecule has 0 bridgehead atoms. The van der Waals surface area contributed by atoms with Crippen molar-refractivity contribution in [2.45, 2.75) is 52.5 Å². The second-order valence-electron chi connectivity index (χ2n) is 9.09. The standard InChI is InChI=1S/C26H38N2O2/c1-7-28(8-2)15-16-30-24-18-22-20(17-23(24)29-6)13-14-27-25(22)19-9-11-21(12-10-19)26(3,4)5/h9-12,17-18,25,27H,7-8,13-16H2,1-6H3. The van der Waals surface area contributed by atoms with Crippen molar-refractivity contribution < 1.29 is 9.47 Å². The normalized spacial score (nSPS) is 16.4. The summed E-state index contributed by atoms with van der Waals surface area (Å²) in [5.74, 6) is 1.67. The van der Waals surface area contributed by atoms with Crippen LogP contribution in [0.5, 0.6) is 11.5 Å². The fourth-order valence-corrected chi connectivity index (χ4v) is 4.13. The molecule has 30 heavy (non-hydrogen) atoms. The van der Waals surface area contributed by atoms with Crippen LogP contribution in [0.3, 0.4) is 0 Å². The summed E-state index contributed by atoms with van der Waals surface area (Å²) < 4.78 is 11.8. The summed E-state index contributed by atoms with van der Waals surface area (Å²) in [6.45, 7) is 15.8. The van der Waals surface area contributed by atoms with Gasteiger partial charge in [0.1, 0.15) is 6.61 Å². The highest BCUT2D eigenvalue weighted by Gasteiger charge is 2.24. The fourth-order valence-electron chi connectivity index (χ4n) is 4.13. The van der Waals surface area contributed by atoms with Crippen LogP contribution in [-0.4, -0.2) is 44.8 Å². The summed E-state index contributed by atoms with van der Waals surface area (Å²) in [6.07, 6.45) is 1.00. The zero-order valence-corrected chi connectivity index (χ0v) is 19.5. The Morgan fingerprint density at radius 2 is 1.73 bits per heavy atom. The molecule has 1 atom stereocenters. The molecule has 1 N–H and O–H groups in total. The third-order valence-electron chi connectivity index (χ3n) is 6.15. The molecule has 0 saturated carbocycles. The third kappa shape index (κ3) is 5.16. The molecule has 0 aliphatic carbocycles. The quantitative estimate of drug-likeness (QED) is 0.668. The van der Waals surface area contributed by atoms with Gasteiger partial charge in [0, 0.05) is 13.1 Å². The molecule has 0 spiro atoms. The van der Waals surface area contributed by atoms with Crippen LogP contribution in [0, 0.1) is 0 Å². The minimum atomic E-state index is 0.162. The summed E-state index contributed by atoms with van der Waals surface area (Å²) in [4.78, 5) is 2.37. The van der Waals surface area contributed by atoms with Crippen LogP contribution in [0.25, 0.3) is 0 Å². The van der Waals surface area contributed by atoms with Gasteiger partial charge in [0.25, 0.3) is 0 Å². The van der Waals surface area contributed by atoms with Gasteiger partial charge in [-0.1, -0.05) is 58.9 Å². The summed E-state index contributed by atoms with van der Waals surface area (Å²) in [5, 5.41) is 3.70. The van der Waals surface area contributed by atoms with Gasteiger partial charge in [0.2, 0.25) is 0 Å². The van der Waals surface area contributed by atoms with Crippen LogP contribution in [0.4, 0.5) is 0 Å². The zero-order valence-electron chi connectivity index (χ0n) is 19.5. The van der Waals surface area contributed by atoms with E-state index >= 15 is 0 Å². The summed E-state index contributed by atoms with van der Waals surface area (Å²) in [7, 11) is 1.72. The second-order valence-corrected chi connectivity index (χ2v) is 9.09. The maximum absolute atomic E-state index is 6.18. The van der Waals surface area contributed by atoms with Crippen LogP contribution in [-0.2, 0) is 11.8 Å². The number of fused-ring (bicyclic) bond motifs is 1. The smallest absolute Gasteiger partial charge is 0.161 e. The molecule has 0 radical (unpaired) electrons. The Bertz CT molecular complexity index is 820. The highest BCUT2D eigenvalue weighted by Crippen LogP contribution is 2.38. The van der Waals surface area contributed by atoms with Gasteiger partial charge in [-0.2, -0.15) is 0 Å². The predicted molar refractivity (Wildman–Crippen MR) is 125 cm³/mol. The van der Waals surface area contributed by atoms with Crippen molar-refractivity contribution in [1.82, 2.24) is 10.2 Å². The van der Waals surface area contributed by atoms with Crippen molar-refractivity contribution in [3.8, 4) is 11.5 Å². The van der Waals surface area contributed by atoms with Gasteiger partial charge in [-0.15, -0.1) is 0 Å². The molecule has 164 valence electrons. The van der Waals surface area contributed by atoms with E-state index in [1.54, 1.807) is 7.11 Å². The highest BCUT2D eigenvalue weighted by atomic mass is 16.5. The van der Waals surface area contributed by atoms with Crippen molar-refractivity contribution >= 4 is 0 Å². The molecule has 1 heterocycles. The summed E-state index contributed by atoms with van der Waals surface area (Å²) >= 11 is 0. The monoisotopic (exact) mass is 410 g/mol. The van der Waals surface area contributed by atoms with E-state index in [2.05, 4.69) is 81.2 Å². The number of methoxy groups -OCH3 is 1. The lowest BCUT2D eigenvalue weighted by atomic mass is 9.84. The van der Waals surface area contributed by atoms with Crippen molar-refractivity contribution in [3.63, 3.8) is 0 Å². The number of hydrogen-bond donors (Lipinski definition) is 1. The largest absolute Gasteiger partial charge is 0.493 e. The van der Waals surface area contributed by atoms with E-state index < -0.39 is 0 Å². The molecular formula is C26H38N2O2. The lowest BCUT2D eigenvalue weighted by molar-refractivity contribution is 0.217. The lowest BCUT2D eigenvalue weighted by Gasteiger charge is -2.29. The molecule has 1 aliphatic rings. The minimum absolute atomic E-state index is 0.162. The Balaban J connectivity index is 1.86. The Kier molecular flexibility index (Phi) is 7.43. The van der Waals surface area contributed by atoms with E-state index in [0.29, 0.717) is 6.61 Å². The van der Waals surface area contributed by atoms with Crippen LogP contribution in [0.1, 0.15) is 62.9 Å².